The lowest BCUT2D eigenvalue weighted by Gasteiger charge is -2.20. The van der Waals surface area contributed by atoms with Crippen molar-refractivity contribution in [3.63, 3.8) is 0 Å². The van der Waals surface area contributed by atoms with Crippen LogP contribution in [0.3, 0.4) is 0 Å². The summed E-state index contributed by atoms with van der Waals surface area (Å²) in [7, 11) is 0. The Morgan fingerprint density at radius 2 is 1.79 bits per heavy atom. The quantitative estimate of drug-likeness (QED) is 0.450. The van der Waals surface area contributed by atoms with E-state index in [0.717, 1.165) is 28.2 Å². The molecule has 2 aliphatic heterocycles. The minimum absolute atomic E-state index is 0.0177. The van der Waals surface area contributed by atoms with Gasteiger partial charge >= 0.3 is 0 Å². The third-order valence-corrected chi connectivity index (χ3v) is 6.94. The van der Waals surface area contributed by atoms with Crippen molar-refractivity contribution < 1.29 is 4.79 Å². The maximum Gasteiger partial charge on any atom is 0.283 e. The monoisotopic (exact) mass is 493 g/mol. The second-order valence-corrected chi connectivity index (χ2v) is 9.34. The normalized spacial score (nSPS) is 16.8. The highest BCUT2D eigenvalue weighted by Gasteiger charge is 2.36. The van der Waals surface area contributed by atoms with Gasteiger partial charge in [-0.25, -0.2) is 0 Å². The minimum atomic E-state index is -0.467. The van der Waals surface area contributed by atoms with E-state index in [1.165, 1.54) is 16.8 Å². The molecule has 164 valence electrons. The molecule has 2 aromatic carbocycles. The van der Waals surface area contributed by atoms with Gasteiger partial charge in [0.2, 0.25) is 5.17 Å². The molecule has 33 heavy (non-hydrogen) atoms. The smallest absolute Gasteiger partial charge is 0.283 e. The molecule has 0 aliphatic carbocycles. The van der Waals surface area contributed by atoms with Crippen LogP contribution >= 0.6 is 35.0 Å². The van der Waals surface area contributed by atoms with E-state index in [1.807, 2.05) is 62.4 Å². The van der Waals surface area contributed by atoms with E-state index in [4.69, 9.17) is 28.6 Å². The lowest BCUT2D eigenvalue weighted by atomic mass is 10.1. The fourth-order valence-corrected chi connectivity index (χ4v) is 5.15. The number of nitrogens with zero attached hydrogens (tertiary/aromatic N) is 4. The molecule has 1 aromatic heterocycles. The standard InChI is InChI=1S/C24H17Cl2N5OS/c1-13-11-15(14(2)30(13)17-9-7-16(25)8-10-17)12-19-21(27)31-24(28-22(19)32)33-23(29-31)18-5-3-4-6-20(18)26/h3-12,27H,1-2H3. The number of amidine groups is 2. The van der Waals surface area contributed by atoms with Crippen LogP contribution in [0.2, 0.25) is 10.0 Å². The number of benzene rings is 2. The van der Waals surface area contributed by atoms with Crippen LogP contribution in [0.25, 0.3) is 11.8 Å². The summed E-state index contributed by atoms with van der Waals surface area (Å²) in [4.78, 5) is 17.0. The first-order chi connectivity index (χ1) is 15.8. The lowest BCUT2D eigenvalue weighted by molar-refractivity contribution is -0.114. The van der Waals surface area contributed by atoms with Crippen molar-refractivity contribution in [3.05, 3.63) is 92.7 Å². The minimum Gasteiger partial charge on any atom is -0.318 e. The number of thioether (sulfide) groups is 1. The van der Waals surface area contributed by atoms with Crippen molar-refractivity contribution in [1.29, 1.82) is 5.41 Å². The summed E-state index contributed by atoms with van der Waals surface area (Å²) in [6.07, 6.45) is 1.70. The van der Waals surface area contributed by atoms with Gasteiger partial charge in [0, 0.05) is 27.7 Å². The van der Waals surface area contributed by atoms with E-state index in [1.54, 1.807) is 12.1 Å². The second-order valence-electron chi connectivity index (χ2n) is 7.54. The zero-order chi connectivity index (χ0) is 23.3. The molecule has 6 nitrogen and oxygen atoms in total. The number of halogens is 2. The van der Waals surface area contributed by atoms with Crippen molar-refractivity contribution in [3.8, 4) is 5.69 Å². The number of aliphatic imine (C=N–C) groups is 1. The molecule has 0 spiro atoms. The van der Waals surface area contributed by atoms with Gasteiger partial charge in [0.15, 0.2) is 5.84 Å². The Hall–Kier alpha value is -3.13. The summed E-state index contributed by atoms with van der Waals surface area (Å²) in [5.41, 5.74) is 4.65. The molecule has 0 saturated heterocycles. The predicted molar refractivity (Wildman–Crippen MR) is 136 cm³/mol. The fourth-order valence-electron chi connectivity index (χ4n) is 3.81. The number of carbonyl (C=O) groups is 1. The third kappa shape index (κ3) is 3.82. The van der Waals surface area contributed by atoms with Crippen LogP contribution in [0.5, 0.6) is 0 Å². The zero-order valence-corrected chi connectivity index (χ0v) is 20.0. The highest BCUT2D eigenvalue weighted by atomic mass is 35.5. The average molecular weight is 494 g/mol. The van der Waals surface area contributed by atoms with Crippen molar-refractivity contribution in [2.75, 3.05) is 0 Å². The van der Waals surface area contributed by atoms with E-state index >= 15 is 0 Å². The van der Waals surface area contributed by atoms with Crippen LogP contribution in [-0.2, 0) is 4.79 Å². The van der Waals surface area contributed by atoms with Crippen molar-refractivity contribution in [1.82, 2.24) is 9.58 Å². The maximum atomic E-state index is 12.8. The summed E-state index contributed by atoms with van der Waals surface area (Å²) in [5.74, 6) is -0.485. The highest BCUT2D eigenvalue weighted by molar-refractivity contribution is 8.27. The lowest BCUT2D eigenvalue weighted by Crippen LogP contribution is -2.35. The molecule has 9 heteroatoms. The molecule has 1 N–H and O–H groups in total. The number of hydrogen-bond acceptors (Lipinski definition) is 4. The van der Waals surface area contributed by atoms with Crippen LogP contribution in [0, 0.1) is 19.3 Å². The van der Waals surface area contributed by atoms with E-state index in [9.17, 15) is 4.79 Å². The van der Waals surface area contributed by atoms with Gasteiger partial charge in [-0.2, -0.15) is 15.1 Å². The first-order valence-corrected chi connectivity index (χ1v) is 11.6. The molecule has 0 bridgehead atoms. The van der Waals surface area contributed by atoms with Gasteiger partial charge in [-0.3, -0.25) is 10.2 Å². The Bertz CT molecular complexity index is 1420. The number of rotatable bonds is 3. The summed E-state index contributed by atoms with van der Waals surface area (Å²) in [6.45, 7) is 3.96. The molecule has 0 unspecified atom stereocenters. The van der Waals surface area contributed by atoms with E-state index in [2.05, 4.69) is 14.7 Å². The third-order valence-electron chi connectivity index (χ3n) is 5.41. The average Bonchev–Trinajstić information content (AvgIpc) is 3.33. The van der Waals surface area contributed by atoms with Gasteiger partial charge in [0.25, 0.3) is 5.91 Å². The molecule has 0 atom stereocenters. The molecule has 0 saturated carbocycles. The number of aromatic nitrogens is 1. The largest absolute Gasteiger partial charge is 0.318 e. The first kappa shape index (κ1) is 21.7. The van der Waals surface area contributed by atoms with Gasteiger partial charge < -0.3 is 4.57 Å². The van der Waals surface area contributed by atoms with Crippen molar-refractivity contribution in [2.24, 2.45) is 10.1 Å². The van der Waals surface area contributed by atoms with Crippen LogP contribution in [0.15, 0.2) is 70.3 Å². The Balaban J connectivity index is 1.52. The van der Waals surface area contributed by atoms with Gasteiger partial charge in [0.1, 0.15) is 5.04 Å². The number of hydrazone groups is 1. The van der Waals surface area contributed by atoms with E-state index in [0.29, 0.717) is 20.3 Å². The van der Waals surface area contributed by atoms with Gasteiger partial charge in [-0.1, -0.05) is 41.4 Å². The molecule has 5 rings (SSSR count). The molecule has 2 aliphatic rings. The Kier molecular flexibility index (Phi) is 5.48. The number of aryl methyl sites for hydroxylation is 1. The second kappa shape index (κ2) is 8.33. The van der Waals surface area contributed by atoms with Crippen molar-refractivity contribution >= 4 is 63.0 Å². The Labute approximate surface area is 204 Å². The van der Waals surface area contributed by atoms with Crippen LogP contribution in [0.4, 0.5) is 0 Å². The summed E-state index contributed by atoms with van der Waals surface area (Å²) >= 11 is 13.6. The van der Waals surface area contributed by atoms with Crippen molar-refractivity contribution in [2.45, 2.75) is 13.8 Å². The topological polar surface area (TPSA) is 73.8 Å². The van der Waals surface area contributed by atoms with Gasteiger partial charge in [-0.15, -0.1) is 0 Å². The molecule has 0 radical (unpaired) electrons. The predicted octanol–water partition coefficient (Wildman–Crippen LogP) is 6.07. The number of nitrogens with one attached hydrogen (secondary N) is 1. The zero-order valence-electron chi connectivity index (χ0n) is 17.6. The van der Waals surface area contributed by atoms with E-state index in [-0.39, 0.29) is 11.4 Å². The highest BCUT2D eigenvalue weighted by Crippen LogP contribution is 2.33. The van der Waals surface area contributed by atoms with Crippen LogP contribution < -0.4 is 0 Å². The molecular formula is C24H17Cl2N5OS. The number of carbonyl (C=O) groups excluding carboxylic acids is 1. The Morgan fingerprint density at radius 1 is 1.06 bits per heavy atom. The summed E-state index contributed by atoms with van der Waals surface area (Å²) in [6, 6.07) is 16.9. The van der Waals surface area contributed by atoms with E-state index < -0.39 is 5.91 Å². The molecule has 1 amide bonds. The van der Waals surface area contributed by atoms with Gasteiger partial charge in [-0.05, 0) is 73.6 Å². The van der Waals surface area contributed by atoms with Gasteiger partial charge in [0.05, 0.1) is 10.6 Å². The SMILES string of the molecule is Cc1cc(C=C2C(=N)N3N=C(c4ccccc4Cl)SC3=NC2=O)c(C)n1-c1ccc(Cl)cc1. The number of fused-ring (bicyclic) bond motifs is 1. The van der Waals surface area contributed by atoms with Crippen LogP contribution in [0.1, 0.15) is 22.5 Å². The molecule has 0 fully saturated rings. The molecule has 3 aromatic rings. The fraction of sp³-hybridized carbons (Fsp3) is 0.0833. The summed E-state index contributed by atoms with van der Waals surface area (Å²) in [5, 5.41) is 16.7. The molecule has 3 heterocycles. The summed E-state index contributed by atoms with van der Waals surface area (Å²) < 4.78 is 2.08. The first-order valence-electron chi connectivity index (χ1n) is 10.0. The number of amides is 1. The van der Waals surface area contributed by atoms with Crippen LogP contribution in [-0.4, -0.2) is 31.5 Å². The maximum absolute atomic E-state index is 12.8. The molecular weight excluding hydrogens is 477 g/mol. The number of hydrogen-bond donors (Lipinski definition) is 1. The Morgan fingerprint density at radius 3 is 2.52 bits per heavy atom.